The maximum atomic E-state index is 13.5. The number of ether oxygens (including phenoxy) is 1. The number of nitrogens with zero attached hydrogens (tertiary/aromatic N) is 2. The Labute approximate surface area is 96.8 Å². The van der Waals surface area contributed by atoms with E-state index in [1.807, 2.05) is 0 Å². The topological polar surface area (TPSA) is 63.0 Å². The lowest BCUT2D eigenvalue weighted by Gasteiger charge is -2.19. The van der Waals surface area contributed by atoms with Gasteiger partial charge in [0.15, 0.2) is 5.41 Å². The minimum atomic E-state index is -1.88. The Morgan fingerprint density at radius 1 is 1.65 bits per heavy atom. The number of rotatable bonds is 3. The van der Waals surface area contributed by atoms with E-state index in [2.05, 4.69) is 9.72 Å². The van der Waals surface area contributed by atoms with Crippen molar-refractivity contribution >= 4 is 5.97 Å². The smallest absolute Gasteiger partial charge is 0.332 e. The average molecular weight is 240 g/mol. The lowest BCUT2D eigenvalue weighted by Crippen LogP contribution is -2.35. The van der Waals surface area contributed by atoms with Gasteiger partial charge in [-0.2, -0.15) is 5.26 Å². The Morgan fingerprint density at radius 3 is 2.76 bits per heavy atom. The van der Waals surface area contributed by atoms with Crippen molar-refractivity contribution in [3.8, 4) is 6.07 Å². The third kappa shape index (κ3) is 2.38. The molecule has 0 saturated heterocycles. The number of halogens is 2. The van der Waals surface area contributed by atoms with E-state index >= 15 is 0 Å². The second-order valence-corrected chi connectivity index (χ2v) is 3.44. The van der Waals surface area contributed by atoms with Crippen molar-refractivity contribution in [2.45, 2.75) is 19.3 Å². The van der Waals surface area contributed by atoms with Gasteiger partial charge in [-0.25, -0.2) is 13.6 Å². The van der Waals surface area contributed by atoms with Crippen molar-refractivity contribution in [2.75, 3.05) is 6.61 Å². The van der Waals surface area contributed by atoms with Crippen LogP contribution in [0.3, 0.4) is 0 Å². The Hall–Kier alpha value is -2.03. The Kier molecular flexibility index (Phi) is 3.73. The number of hydrogen-bond donors (Lipinski definition) is 0. The molecule has 1 aromatic heterocycles. The van der Waals surface area contributed by atoms with Gasteiger partial charge in [0, 0.05) is 6.07 Å². The van der Waals surface area contributed by atoms with E-state index in [-0.39, 0.29) is 6.61 Å². The molecule has 1 aromatic rings. The summed E-state index contributed by atoms with van der Waals surface area (Å²) in [5.41, 5.74) is -2.33. The van der Waals surface area contributed by atoms with Crippen molar-refractivity contribution in [1.29, 1.82) is 5.26 Å². The first-order valence-electron chi connectivity index (χ1n) is 4.85. The highest BCUT2D eigenvalue weighted by Gasteiger charge is 2.41. The summed E-state index contributed by atoms with van der Waals surface area (Å²) in [6, 6.07) is 2.21. The molecular weight excluding hydrogens is 230 g/mol. The van der Waals surface area contributed by atoms with E-state index in [0.717, 1.165) is 6.20 Å². The molecule has 1 heterocycles. The van der Waals surface area contributed by atoms with Crippen molar-refractivity contribution in [2.24, 2.45) is 0 Å². The van der Waals surface area contributed by atoms with Gasteiger partial charge < -0.3 is 4.74 Å². The molecule has 0 bridgehead atoms. The fraction of sp³-hybridized carbons (Fsp3) is 0.364. The van der Waals surface area contributed by atoms with Gasteiger partial charge in [-0.15, -0.1) is 0 Å². The molecule has 1 rings (SSSR count). The SMILES string of the molecule is CCOC(=O)C(C)(C#N)c1ncc(F)cc1F. The summed E-state index contributed by atoms with van der Waals surface area (Å²) in [4.78, 5) is 15.0. The summed E-state index contributed by atoms with van der Waals surface area (Å²) >= 11 is 0. The van der Waals surface area contributed by atoms with Crippen LogP contribution in [0.4, 0.5) is 8.78 Å². The quantitative estimate of drug-likeness (QED) is 0.754. The highest BCUT2D eigenvalue weighted by atomic mass is 19.1. The molecule has 0 aliphatic rings. The van der Waals surface area contributed by atoms with Gasteiger partial charge in [-0.3, -0.25) is 4.98 Å². The van der Waals surface area contributed by atoms with Crippen molar-refractivity contribution < 1.29 is 18.3 Å². The van der Waals surface area contributed by atoms with Crippen molar-refractivity contribution in [3.05, 3.63) is 29.6 Å². The summed E-state index contributed by atoms with van der Waals surface area (Å²) in [7, 11) is 0. The number of nitriles is 1. The summed E-state index contributed by atoms with van der Waals surface area (Å²) in [6.45, 7) is 2.79. The molecule has 0 amide bonds. The molecule has 0 radical (unpaired) electrons. The van der Waals surface area contributed by atoms with Crippen LogP contribution in [0.5, 0.6) is 0 Å². The van der Waals surface area contributed by atoms with Crippen LogP contribution >= 0.6 is 0 Å². The van der Waals surface area contributed by atoms with E-state index in [0.29, 0.717) is 6.07 Å². The van der Waals surface area contributed by atoms with E-state index in [4.69, 9.17) is 5.26 Å². The second-order valence-electron chi connectivity index (χ2n) is 3.44. The maximum absolute atomic E-state index is 13.5. The van der Waals surface area contributed by atoms with Crippen LogP contribution in [0.1, 0.15) is 19.5 Å². The Balaban J connectivity index is 3.26. The molecule has 0 N–H and O–H groups in total. The Bertz CT molecular complexity index is 485. The van der Waals surface area contributed by atoms with E-state index in [9.17, 15) is 13.6 Å². The van der Waals surface area contributed by atoms with Gasteiger partial charge in [0.25, 0.3) is 0 Å². The first-order valence-corrected chi connectivity index (χ1v) is 4.85. The molecule has 0 fully saturated rings. The predicted octanol–water partition coefficient (Wildman–Crippen LogP) is 1.70. The number of hydrogen-bond acceptors (Lipinski definition) is 4. The normalized spacial score (nSPS) is 13.6. The van der Waals surface area contributed by atoms with Crippen LogP contribution in [0.15, 0.2) is 12.3 Å². The molecular formula is C11H10F2N2O2. The predicted molar refractivity (Wildman–Crippen MR) is 53.8 cm³/mol. The monoisotopic (exact) mass is 240 g/mol. The molecule has 0 aliphatic heterocycles. The minimum absolute atomic E-state index is 0.0545. The summed E-state index contributed by atoms with van der Waals surface area (Å²) in [5, 5.41) is 8.98. The van der Waals surface area contributed by atoms with Gasteiger partial charge in [0.05, 0.1) is 18.9 Å². The molecule has 0 aromatic carbocycles. The molecule has 4 nitrogen and oxygen atoms in total. The first kappa shape index (κ1) is 13.0. The fourth-order valence-corrected chi connectivity index (χ4v) is 1.25. The summed E-state index contributed by atoms with van der Waals surface area (Å²) in [6.07, 6.45) is 0.743. The second kappa shape index (κ2) is 4.87. The fourth-order valence-electron chi connectivity index (χ4n) is 1.25. The molecule has 0 aliphatic carbocycles. The van der Waals surface area contributed by atoms with Gasteiger partial charge in [0.1, 0.15) is 17.3 Å². The standard InChI is InChI=1S/C11H10F2N2O2/c1-3-17-10(16)11(2,6-14)9-8(13)4-7(12)5-15-9/h4-5H,3H2,1-2H3. The number of pyridine rings is 1. The number of carbonyl (C=O) groups excluding carboxylic acids is 1. The largest absolute Gasteiger partial charge is 0.465 e. The molecule has 0 saturated carbocycles. The van der Waals surface area contributed by atoms with Crippen molar-refractivity contribution in [3.63, 3.8) is 0 Å². The molecule has 90 valence electrons. The zero-order valence-corrected chi connectivity index (χ0v) is 9.33. The van der Waals surface area contributed by atoms with E-state index in [1.54, 1.807) is 13.0 Å². The molecule has 1 atom stereocenters. The van der Waals surface area contributed by atoms with Crippen molar-refractivity contribution in [1.82, 2.24) is 4.98 Å². The molecule has 0 spiro atoms. The van der Waals surface area contributed by atoms with Crippen LogP contribution < -0.4 is 0 Å². The third-order valence-corrected chi connectivity index (χ3v) is 2.19. The molecule has 6 heteroatoms. The molecule has 17 heavy (non-hydrogen) atoms. The van der Waals surface area contributed by atoms with E-state index < -0.39 is 28.7 Å². The highest BCUT2D eigenvalue weighted by Crippen LogP contribution is 2.25. The highest BCUT2D eigenvalue weighted by molar-refractivity contribution is 5.85. The van der Waals surface area contributed by atoms with Crippen LogP contribution in [0, 0.1) is 23.0 Å². The first-order chi connectivity index (χ1) is 7.95. The van der Waals surface area contributed by atoms with Crippen LogP contribution in [-0.2, 0) is 14.9 Å². The van der Waals surface area contributed by atoms with Crippen LogP contribution in [0.2, 0.25) is 0 Å². The van der Waals surface area contributed by atoms with Gasteiger partial charge >= 0.3 is 5.97 Å². The van der Waals surface area contributed by atoms with Crippen LogP contribution in [-0.4, -0.2) is 17.6 Å². The third-order valence-electron chi connectivity index (χ3n) is 2.19. The lowest BCUT2D eigenvalue weighted by molar-refractivity contribution is -0.147. The summed E-state index contributed by atoms with van der Waals surface area (Å²) < 4.78 is 30.8. The van der Waals surface area contributed by atoms with Gasteiger partial charge in [0.2, 0.25) is 0 Å². The maximum Gasteiger partial charge on any atom is 0.332 e. The van der Waals surface area contributed by atoms with Gasteiger partial charge in [-0.1, -0.05) is 0 Å². The Morgan fingerprint density at radius 2 is 2.29 bits per heavy atom. The minimum Gasteiger partial charge on any atom is -0.465 e. The zero-order valence-electron chi connectivity index (χ0n) is 9.33. The molecule has 1 unspecified atom stereocenters. The number of esters is 1. The average Bonchev–Trinajstić information content (AvgIpc) is 2.28. The van der Waals surface area contributed by atoms with E-state index in [1.165, 1.54) is 6.92 Å². The lowest BCUT2D eigenvalue weighted by atomic mass is 9.88. The zero-order chi connectivity index (χ0) is 13.1. The number of carbonyl (C=O) groups is 1. The number of aromatic nitrogens is 1. The van der Waals surface area contributed by atoms with Crippen LogP contribution in [0.25, 0.3) is 0 Å². The van der Waals surface area contributed by atoms with Gasteiger partial charge in [-0.05, 0) is 13.8 Å². The summed E-state index contributed by atoms with van der Waals surface area (Å²) in [5.74, 6) is -2.85.